The average molecular weight is 517 g/mol. The fourth-order valence-electron chi connectivity index (χ4n) is 3.44. The zero-order valence-corrected chi connectivity index (χ0v) is 19.1. The third kappa shape index (κ3) is 5.21. The highest BCUT2D eigenvalue weighted by atomic mass is 32.2. The fourth-order valence-corrected chi connectivity index (χ4v) is 4.63. The molecule has 0 aliphatic rings. The first-order valence-electron chi connectivity index (χ1n) is 10.3. The number of nitrogen functional groups attached to an aromatic ring is 1. The Balaban J connectivity index is 1.52. The van der Waals surface area contributed by atoms with E-state index in [9.17, 15) is 31.7 Å². The summed E-state index contributed by atoms with van der Waals surface area (Å²) in [7, 11) is -4.15. The van der Waals surface area contributed by atoms with Gasteiger partial charge in [-0.2, -0.15) is 18.3 Å². The molecule has 0 saturated carbocycles. The number of nitro groups is 1. The number of para-hydroxylation sites is 1. The molecule has 0 aliphatic heterocycles. The zero-order chi connectivity index (χ0) is 26.1. The molecule has 0 unspecified atom stereocenters. The first kappa shape index (κ1) is 24.9. The lowest BCUT2D eigenvalue weighted by Gasteiger charge is -2.09. The fraction of sp³-hybridized carbons (Fsp3) is 0.0870. The SMILES string of the molecule is Nc1cc(-c2ccc(CNS(=O)(=O)c3ccccc3[N+](=O)[O-])cc2)nn1-c1cccc(C(F)(F)F)c1. The van der Waals surface area contributed by atoms with Crippen LogP contribution in [-0.2, 0) is 22.7 Å². The van der Waals surface area contributed by atoms with Gasteiger partial charge in [0.25, 0.3) is 5.69 Å². The molecule has 0 saturated heterocycles. The lowest BCUT2D eigenvalue weighted by Crippen LogP contribution is -2.24. The number of anilines is 1. The molecule has 1 aromatic heterocycles. The number of nitrogens with one attached hydrogen (secondary N) is 1. The number of nitrogens with two attached hydrogens (primary N) is 1. The van der Waals surface area contributed by atoms with Crippen molar-refractivity contribution in [1.82, 2.24) is 14.5 Å². The summed E-state index contributed by atoms with van der Waals surface area (Å²) < 4.78 is 67.8. The number of aromatic nitrogens is 2. The number of alkyl halides is 3. The van der Waals surface area contributed by atoms with Gasteiger partial charge >= 0.3 is 6.18 Å². The summed E-state index contributed by atoms with van der Waals surface area (Å²) in [6.45, 7) is -0.129. The maximum atomic E-state index is 13.0. The van der Waals surface area contributed by atoms with Gasteiger partial charge in [-0.1, -0.05) is 42.5 Å². The average Bonchev–Trinajstić information content (AvgIpc) is 3.24. The van der Waals surface area contributed by atoms with Crippen molar-refractivity contribution in [1.29, 1.82) is 0 Å². The van der Waals surface area contributed by atoms with E-state index in [2.05, 4.69) is 9.82 Å². The molecule has 9 nitrogen and oxygen atoms in total. The number of nitrogens with zero attached hydrogens (tertiary/aromatic N) is 3. The second-order valence-electron chi connectivity index (χ2n) is 7.66. The third-order valence-electron chi connectivity index (χ3n) is 5.22. The van der Waals surface area contributed by atoms with Gasteiger partial charge in [-0.3, -0.25) is 10.1 Å². The highest BCUT2D eigenvalue weighted by Gasteiger charge is 2.30. The smallest absolute Gasteiger partial charge is 0.384 e. The van der Waals surface area contributed by atoms with Gasteiger partial charge in [0.05, 0.1) is 21.9 Å². The van der Waals surface area contributed by atoms with Crippen LogP contribution in [-0.4, -0.2) is 23.1 Å². The molecule has 0 bridgehead atoms. The topological polar surface area (TPSA) is 133 Å². The van der Waals surface area contributed by atoms with Crippen molar-refractivity contribution >= 4 is 21.5 Å². The number of halogens is 3. The Morgan fingerprint density at radius 1 is 1.00 bits per heavy atom. The molecule has 0 spiro atoms. The molecule has 4 rings (SSSR count). The van der Waals surface area contributed by atoms with E-state index >= 15 is 0 Å². The number of hydrogen-bond donors (Lipinski definition) is 2. The predicted octanol–water partition coefficient (Wildman–Crippen LogP) is 4.53. The van der Waals surface area contributed by atoms with Crippen LogP contribution in [0, 0.1) is 10.1 Å². The molecule has 4 aromatic rings. The summed E-state index contributed by atoms with van der Waals surface area (Å²) in [6.07, 6.45) is -4.51. The monoisotopic (exact) mass is 517 g/mol. The van der Waals surface area contributed by atoms with Crippen molar-refractivity contribution < 1.29 is 26.5 Å². The van der Waals surface area contributed by atoms with Gasteiger partial charge in [0.15, 0.2) is 4.90 Å². The largest absolute Gasteiger partial charge is 0.416 e. The number of sulfonamides is 1. The summed E-state index contributed by atoms with van der Waals surface area (Å²) in [5, 5.41) is 15.4. The Morgan fingerprint density at radius 3 is 2.36 bits per heavy atom. The van der Waals surface area contributed by atoms with Crippen LogP contribution in [0.25, 0.3) is 16.9 Å². The molecular formula is C23H18F3N5O4S. The van der Waals surface area contributed by atoms with Crippen molar-refractivity contribution in [3.8, 4) is 16.9 Å². The minimum atomic E-state index is -4.51. The van der Waals surface area contributed by atoms with E-state index in [1.54, 1.807) is 24.3 Å². The molecule has 0 aliphatic carbocycles. The van der Waals surface area contributed by atoms with Crippen LogP contribution in [0.2, 0.25) is 0 Å². The van der Waals surface area contributed by atoms with Crippen molar-refractivity contribution in [3.63, 3.8) is 0 Å². The van der Waals surface area contributed by atoms with Crippen LogP contribution < -0.4 is 10.5 Å². The molecule has 3 aromatic carbocycles. The number of benzene rings is 3. The Bertz CT molecular complexity index is 1530. The van der Waals surface area contributed by atoms with E-state index < -0.39 is 37.3 Å². The van der Waals surface area contributed by atoms with Gasteiger partial charge in [-0.15, -0.1) is 0 Å². The Hall–Kier alpha value is -4.23. The second-order valence-corrected chi connectivity index (χ2v) is 9.40. The minimum absolute atomic E-state index is 0.129. The van der Waals surface area contributed by atoms with E-state index in [0.29, 0.717) is 16.8 Å². The Morgan fingerprint density at radius 2 is 1.69 bits per heavy atom. The van der Waals surface area contributed by atoms with Crippen LogP contribution in [0.15, 0.2) is 83.8 Å². The maximum absolute atomic E-state index is 13.0. The first-order valence-corrected chi connectivity index (χ1v) is 11.8. The van der Waals surface area contributed by atoms with Crippen molar-refractivity contribution in [2.75, 3.05) is 5.73 Å². The number of rotatable bonds is 7. The molecule has 36 heavy (non-hydrogen) atoms. The first-order chi connectivity index (χ1) is 17.0. The van der Waals surface area contributed by atoms with Gasteiger partial charge in [0, 0.05) is 24.2 Å². The summed E-state index contributed by atoms with van der Waals surface area (Å²) in [4.78, 5) is 9.93. The summed E-state index contributed by atoms with van der Waals surface area (Å²) in [6, 6.07) is 17.7. The highest BCUT2D eigenvalue weighted by Crippen LogP contribution is 2.31. The molecular weight excluding hydrogens is 499 g/mol. The number of nitro benzene ring substituents is 1. The van der Waals surface area contributed by atoms with Crippen molar-refractivity contribution in [2.45, 2.75) is 17.6 Å². The van der Waals surface area contributed by atoms with Gasteiger partial charge in [0.1, 0.15) is 5.82 Å². The van der Waals surface area contributed by atoms with Gasteiger partial charge < -0.3 is 5.73 Å². The molecule has 186 valence electrons. The van der Waals surface area contributed by atoms with Gasteiger partial charge in [0.2, 0.25) is 10.0 Å². The Kier molecular flexibility index (Phi) is 6.52. The Labute approximate surface area is 203 Å². The van der Waals surface area contributed by atoms with E-state index in [4.69, 9.17) is 5.73 Å². The van der Waals surface area contributed by atoms with Crippen LogP contribution in [0.4, 0.5) is 24.7 Å². The van der Waals surface area contributed by atoms with E-state index in [1.165, 1.54) is 35.0 Å². The van der Waals surface area contributed by atoms with Crippen LogP contribution in [0.5, 0.6) is 0 Å². The minimum Gasteiger partial charge on any atom is -0.384 e. The normalized spacial score (nSPS) is 12.0. The quantitative estimate of drug-likeness (QED) is 0.273. The molecule has 1 heterocycles. The molecule has 3 N–H and O–H groups in total. The molecule has 13 heteroatoms. The lowest BCUT2D eigenvalue weighted by molar-refractivity contribution is -0.387. The summed E-state index contributed by atoms with van der Waals surface area (Å²) >= 11 is 0. The maximum Gasteiger partial charge on any atom is 0.416 e. The molecule has 0 amide bonds. The van der Waals surface area contributed by atoms with Crippen LogP contribution in [0.1, 0.15) is 11.1 Å². The third-order valence-corrected chi connectivity index (χ3v) is 6.67. The van der Waals surface area contributed by atoms with E-state index in [1.807, 2.05) is 0 Å². The van der Waals surface area contributed by atoms with E-state index in [-0.39, 0.29) is 18.1 Å². The zero-order valence-electron chi connectivity index (χ0n) is 18.3. The van der Waals surface area contributed by atoms with Crippen LogP contribution in [0.3, 0.4) is 0 Å². The number of hydrogen-bond acceptors (Lipinski definition) is 6. The lowest BCUT2D eigenvalue weighted by atomic mass is 10.1. The predicted molar refractivity (Wildman–Crippen MR) is 126 cm³/mol. The standard InChI is InChI=1S/C23H18F3N5O4S/c24-23(25,26)17-4-3-5-18(12-17)30-22(27)13-19(29-30)16-10-8-15(9-11-16)14-28-36(34,35)21-7-2-1-6-20(21)31(32)33/h1-13,28H,14,27H2. The summed E-state index contributed by atoms with van der Waals surface area (Å²) in [5.74, 6) is 0.130. The van der Waals surface area contributed by atoms with Crippen molar-refractivity contribution in [2.24, 2.45) is 0 Å². The highest BCUT2D eigenvalue weighted by molar-refractivity contribution is 7.89. The van der Waals surface area contributed by atoms with Crippen molar-refractivity contribution in [3.05, 3.63) is 100 Å². The molecule has 0 atom stereocenters. The molecule has 0 radical (unpaired) electrons. The van der Waals surface area contributed by atoms with Gasteiger partial charge in [-0.05, 0) is 29.8 Å². The van der Waals surface area contributed by atoms with Gasteiger partial charge in [-0.25, -0.2) is 17.8 Å². The van der Waals surface area contributed by atoms with Crippen LogP contribution >= 0.6 is 0 Å². The second kappa shape index (κ2) is 9.43. The summed E-state index contributed by atoms with van der Waals surface area (Å²) in [5.41, 5.74) is 6.32. The molecule has 0 fully saturated rings. The van der Waals surface area contributed by atoms with E-state index in [0.717, 1.165) is 24.3 Å².